The molecular formula is C10H12N2O4S. The molecule has 2 rings (SSSR count). The Balaban J connectivity index is 1.97. The Bertz CT molecular complexity index is 426. The van der Waals surface area contributed by atoms with Gasteiger partial charge in [0.05, 0.1) is 6.20 Å². The molecule has 0 saturated carbocycles. The highest BCUT2D eigenvalue weighted by molar-refractivity contribution is 7.13. The average Bonchev–Trinajstić information content (AvgIpc) is 2.94. The topological polar surface area (TPSA) is 88.5 Å². The van der Waals surface area contributed by atoms with Gasteiger partial charge < -0.3 is 15.2 Å². The van der Waals surface area contributed by atoms with Crippen LogP contribution in [-0.4, -0.2) is 35.1 Å². The maximum atomic E-state index is 11.5. The summed E-state index contributed by atoms with van der Waals surface area (Å²) < 4.78 is 5.45. The van der Waals surface area contributed by atoms with Crippen LogP contribution in [0.2, 0.25) is 0 Å². The molecule has 0 spiro atoms. The molecule has 1 amide bonds. The smallest absolute Gasteiger partial charge is 0.322 e. The van der Waals surface area contributed by atoms with E-state index in [1.165, 1.54) is 17.5 Å². The van der Waals surface area contributed by atoms with Crippen LogP contribution < -0.4 is 5.32 Å². The molecule has 1 atom stereocenters. The number of amides is 1. The van der Waals surface area contributed by atoms with Crippen molar-refractivity contribution >= 4 is 23.2 Å². The SMILES string of the molecule is O=C(O)CNC(=O)c1cnc(C2CCCO2)s1. The summed E-state index contributed by atoms with van der Waals surface area (Å²) in [6.45, 7) is 0.344. The predicted octanol–water partition coefficient (Wildman–Crippen LogP) is 0.809. The van der Waals surface area contributed by atoms with Crippen molar-refractivity contribution in [2.24, 2.45) is 0 Å². The molecule has 7 heteroatoms. The lowest BCUT2D eigenvalue weighted by molar-refractivity contribution is -0.135. The highest BCUT2D eigenvalue weighted by Crippen LogP contribution is 2.31. The van der Waals surface area contributed by atoms with Gasteiger partial charge in [0, 0.05) is 6.61 Å². The van der Waals surface area contributed by atoms with E-state index >= 15 is 0 Å². The fourth-order valence-electron chi connectivity index (χ4n) is 1.56. The molecule has 1 fully saturated rings. The average molecular weight is 256 g/mol. The van der Waals surface area contributed by atoms with Crippen molar-refractivity contribution in [3.8, 4) is 0 Å². The zero-order chi connectivity index (χ0) is 12.3. The van der Waals surface area contributed by atoms with E-state index in [1.54, 1.807) is 0 Å². The van der Waals surface area contributed by atoms with E-state index in [4.69, 9.17) is 9.84 Å². The number of hydrogen-bond donors (Lipinski definition) is 2. The van der Waals surface area contributed by atoms with Crippen LogP contribution in [0.4, 0.5) is 0 Å². The van der Waals surface area contributed by atoms with Gasteiger partial charge in [-0.05, 0) is 12.8 Å². The van der Waals surface area contributed by atoms with E-state index in [1.807, 2.05) is 0 Å². The van der Waals surface area contributed by atoms with E-state index in [-0.39, 0.29) is 12.6 Å². The molecule has 1 saturated heterocycles. The van der Waals surface area contributed by atoms with Crippen LogP contribution in [-0.2, 0) is 9.53 Å². The van der Waals surface area contributed by atoms with Crippen LogP contribution in [0.1, 0.15) is 33.6 Å². The third kappa shape index (κ3) is 3.01. The predicted molar refractivity (Wildman–Crippen MR) is 60.0 cm³/mol. The molecular weight excluding hydrogens is 244 g/mol. The largest absolute Gasteiger partial charge is 0.480 e. The third-order valence-corrected chi connectivity index (χ3v) is 3.44. The van der Waals surface area contributed by atoms with Gasteiger partial charge in [-0.2, -0.15) is 0 Å². The van der Waals surface area contributed by atoms with Crippen molar-refractivity contribution in [1.82, 2.24) is 10.3 Å². The van der Waals surface area contributed by atoms with Crippen LogP contribution in [0.3, 0.4) is 0 Å². The lowest BCUT2D eigenvalue weighted by Crippen LogP contribution is -2.28. The van der Waals surface area contributed by atoms with Crippen molar-refractivity contribution in [1.29, 1.82) is 0 Å². The number of aromatic nitrogens is 1. The molecule has 6 nitrogen and oxygen atoms in total. The van der Waals surface area contributed by atoms with E-state index in [0.29, 0.717) is 4.88 Å². The Morgan fingerprint density at radius 1 is 1.65 bits per heavy atom. The minimum absolute atomic E-state index is 0.0129. The van der Waals surface area contributed by atoms with E-state index < -0.39 is 11.9 Å². The summed E-state index contributed by atoms with van der Waals surface area (Å²) in [6.07, 6.45) is 3.37. The molecule has 2 heterocycles. The highest BCUT2D eigenvalue weighted by atomic mass is 32.1. The minimum atomic E-state index is -1.07. The van der Waals surface area contributed by atoms with E-state index in [2.05, 4.69) is 10.3 Å². The molecule has 1 aliphatic heterocycles. The number of carbonyl (C=O) groups is 2. The summed E-state index contributed by atoms with van der Waals surface area (Å²) in [6, 6.07) is 0. The molecule has 92 valence electrons. The molecule has 0 aromatic carbocycles. The number of ether oxygens (including phenoxy) is 1. The van der Waals surface area contributed by atoms with Crippen molar-refractivity contribution < 1.29 is 19.4 Å². The Morgan fingerprint density at radius 2 is 2.47 bits per heavy atom. The number of hydrogen-bond acceptors (Lipinski definition) is 5. The second-order valence-electron chi connectivity index (χ2n) is 3.64. The summed E-state index contributed by atoms with van der Waals surface area (Å²) in [7, 11) is 0. The quantitative estimate of drug-likeness (QED) is 0.832. The summed E-state index contributed by atoms with van der Waals surface area (Å²) >= 11 is 1.25. The molecule has 17 heavy (non-hydrogen) atoms. The number of thiazole rings is 1. The van der Waals surface area contributed by atoms with Crippen LogP contribution in [0.5, 0.6) is 0 Å². The molecule has 1 unspecified atom stereocenters. The van der Waals surface area contributed by atoms with Crippen molar-refractivity contribution in [2.75, 3.05) is 13.2 Å². The first kappa shape index (κ1) is 12.0. The van der Waals surface area contributed by atoms with E-state index in [9.17, 15) is 9.59 Å². The molecule has 0 bridgehead atoms. The number of carboxylic acids is 1. The Morgan fingerprint density at radius 3 is 3.12 bits per heavy atom. The van der Waals surface area contributed by atoms with Crippen molar-refractivity contribution in [3.63, 3.8) is 0 Å². The molecule has 1 aromatic heterocycles. The first-order chi connectivity index (χ1) is 8.16. The summed E-state index contributed by atoms with van der Waals surface area (Å²) in [5.74, 6) is -1.48. The standard InChI is InChI=1S/C10H12N2O4S/c13-8(14)5-11-9(15)7-4-12-10(17-7)6-2-1-3-16-6/h4,6H,1-3,5H2,(H,11,15)(H,13,14). The monoisotopic (exact) mass is 256 g/mol. The first-order valence-corrected chi connectivity index (χ1v) is 6.06. The van der Waals surface area contributed by atoms with Gasteiger partial charge in [-0.15, -0.1) is 11.3 Å². The van der Waals surface area contributed by atoms with Gasteiger partial charge in [-0.1, -0.05) is 0 Å². The fraction of sp³-hybridized carbons (Fsp3) is 0.500. The third-order valence-electron chi connectivity index (χ3n) is 2.35. The van der Waals surface area contributed by atoms with Gasteiger partial charge in [-0.3, -0.25) is 9.59 Å². The summed E-state index contributed by atoms with van der Waals surface area (Å²) in [5, 5.41) is 11.5. The van der Waals surface area contributed by atoms with Crippen LogP contribution in [0.25, 0.3) is 0 Å². The second-order valence-corrected chi connectivity index (χ2v) is 4.70. The number of nitrogens with zero attached hydrogens (tertiary/aromatic N) is 1. The van der Waals surface area contributed by atoms with Gasteiger partial charge in [-0.25, -0.2) is 4.98 Å². The zero-order valence-corrected chi connectivity index (χ0v) is 9.83. The van der Waals surface area contributed by atoms with Crippen molar-refractivity contribution in [3.05, 3.63) is 16.1 Å². The fourth-order valence-corrected chi connectivity index (χ4v) is 2.48. The lowest BCUT2D eigenvalue weighted by Gasteiger charge is -2.03. The van der Waals surface area contributed by atoms with E-state index in [0.717, 1.165) is 24.5 Å². The van der Waals surface area contributed by atoms with Gasteiger partial charge in [0.25, 0.3) is 5.91 Å². The Labute approximate surface area is 102 Å². The maximum absolute atomic E-state index is 11.5. The van der Waals surface area contributed by atoms with Crippen LogP contribution in [0.15, 0.2) is 6.20 Å². The first-order valence-electron chi connectivity index (χ1n) is 5.24. The number of carboxylic acid groups (broad SMARTS) is 1. The van der Waals surface area contributed by atoms with Crippen LogP contribution in [0, 0.1) is 0 Å². The summed E-state index contributed by atoms with van der Waals surface area (Å²) in [4.78, 5) is 26.4. The molecule has 1 aromatic rings. The number of nitrogens with one attached hydrogen (secondary N) is 1. The van der Waals surface area contributed by atoms with Crippen molar-refractivity contribution in [2.45, 2.75) is 18.9 Å². The molecule has 0 radical (unpaired) electrons. The van der Waals surface area contributed by atoms with Gasteiger partial charge in [0.1, 0.15) is 22.5 Å². The Kier molecular flexibility index (Phi) is 3.70. The zero-order valence-electron chi connectivity index (χ0n) is 9.01. The molecule has 0 aliphatic carbocycles. The van der Waals surface area contributed by atoms with Gasteiger partial charge >= 0.3 is 5.97 Å². The highest BCUT2D eigenvalue weighted by Gasteiger charge is 2.22. The molecule has 1 aliphatic rings. The second kappa shape index (κ2) is 5.24. The lowest BCUT2D eigenvalue weighted by atomic mass is 10.2. The Hall–Kier alpha value is -1.47. The number of aliphatic carboxylic acids is 1. The van der Waals surface area contributed by atoms with Gasteiger partial charge in [0.2, 0.25) is 0 Å². The minimum Gasteiger partial charge on any atom is -0.480 e. The summed E-state index contributed by atoms with van der Waals surface area (Å²) in [5.41, 5.74) is 0. The number of carbonyl (C=O) groups excluding carboxylic acids is 1. The molecule has 2 N–H and O–H groups in total. The number of rotatable bonds is 4. The maximum Gasteiger partial charge on any atom is 0.322 e. The van der Waals surface area contributed by atoms with Crippen LogP contribution >= 0.6 is 11.3 Å². The van der Waals surface area contributed by atoms with Gasteiger partial charge in [0.15, 0.2) is 0 Å². The normalized spacial score (nSPS) is 19.2.